The first-order valence-corrected chi connectivity index (χ1v) is 10.2. The number of hydrogen-bond acceptors (Lipinski definition) is 6. The second kappa shape index (κ2) is 10.8. The van der Waals surface area contributed by atoms with Crippen LogP contribution in [0.1, 0.15) is 34.1 Å². The lowest BCUT2D eigenvalue weighted by Gasteiger charge is -2.15. The number of rotatable bonds is 11. The van der Waals surface area contributed by atoms with Crippen molar-refractivity contribution in [3.63, 3.8) is 0 Å². The van der Waals surface area contributed by atoms with E-state index in [1.165, 1.54) is 11.6 Å². The van der Waals surface area contributed by atoms with Gasteiger partial charge in [0.05, 0.1) is 6.61 Å². The number of aromatic nitrogens is 4. The quantitative estimate of drug-likeness (QED) is 0.336. The number of imidazole rings is 1. The zero-order chi connectivity index (χ0) is 22.3. The molecular formula is C20H31N6O4-. The van der Waals surface area contributed by atoms with Gasteiger partial charge in [0.25, 0.3) is 5.56 Å². The number of ether oxygens (including phenoxy) is 1. The van der Waals surface area contributed by atoms with Gasteiger partial charge in [0.1, 0.15) is 6.54 Å². The molecule has 0 saturated carbocycles. The van der Waals surface area contributed by atoms with Gasteiger partial charge in [0, 0.05) is 20.1 Å². The lowest BCUT2D eigenvalue weighted by atomic mass is 10.3. The molecule has 0 atom stereocenters. The van der Waals surface area contributed by atoms with Crippen LogP contribution in [0.2, 0.25) is 0 Å². The smallest absolute Gasteiger partial charge is 0.333 e. The summed E-state index contributed by atoms with van der Waals surface area (Å²) < 4.78 is 8.82. The van der Waals surface area contributed by atoms with E-state index in [1.807, 2.05) is 26.8 Å². The van der Waals surface area contributed by atoms with Crippen molar-refractivity contribution in [2.24, 2.45) is 7.05 Å². The van der Waals surface area contributed by atoms with Gasteiger partial charge in [-0.2, -0.15) is 11.5 Å². The van der Waals surface area contributed by atoms with Crippen LogP contribution in [-0.4, -0.2) is 50.9 Å². The van der Waals surface area contributed by atoms with Gasteiger partial charge in [0.15, 0.2) is 11.2 Å². The molecule has 0 bridgehead atoms. The molecule has 1 N–H and O–H groups in total. The first-order chi connectivity index (χ1) is 14.3. The number of nitrogens with zero attached hydrogens (tertiary/aromatic N) is 5. The Morgan fingerprint density at radius 2 is 1.97 bits per heavy atom. The number of anilines is 1. The van der Waals surface area contributed by atoms with Crippen molar-refractivity contribution in [1.82, 2.24) is 18.7 Å². The van der Waals surface area contributed by atoms with Crippen LogP contribution in [0.15, 0.2) is 21.2 Å². The maximum Gasteiger partial charge on any atom is 0.333 e. The monoisotopic (exact) mass is 419 g/mol. The van der Waals surface area contributed by atoms with Gasteiger partial charge in [-0.1, -0.05) is 25.0 Å². The van der Waals surface area contributed by atoms with E-state index in [0.717, 1.165) is 29.7 Å². The van der Waals surface area contributed by atoms with Crippen molar-refractivity contribution in [2.75, 3.05) is 31.6 Å². The average molecular weight is 420 g/mol. The van der Waals surface area contributed by atoms with Crippen LogP contribution < -0.4 is 16.6 Å². The first-order valence-electron chi connectivity index (χ1n) is 10.2. The van der Waals surface area contributed by atoms with E-state index in [0.29, 0.717) is 19.0 Å². The van der Waals surface area contributed by atoms with E-state index in [4.69, 9.17) is 4.74 Å². The Kier molecular flexibility index (Phi) is 8.40. The van der Waals surface area contributed by atoms with Crippen molar-refractivity contribution in [1.29, 1.82) is 0 Å². The third kappa shape index (κ3) is 5.38. The topological polar surface area (TPSA) is 114 Å². The minimum Gasteiger partial charge on any atom is -0.662 e. The molecular weight excluding hydrogens is 388 g/mol. The number of carbonyl (C=O) groups is 1. The molecule has 0 aliphatic carbocycles. The molecule has 0 radical (unpaired) electrons. The van der Waals surface area contributed by atoms with Crippen molar-refractivity contribution in [3.8, 4) is 0 Å². The van der Waals surface area contributed by atoms with E-state index < -0.39 is 23.8 Å². The number of carbonyl (C=O) groups excluding carboxylic acids is 1. The van der Waals surface area contributed by atoms with Crippen molar-refractivity contribution in [3.05, 3.63) is 37.8 Å². The van der Waals surface area contributed by atoms with E-state index in [2.05, 4.69) is 15.6 Å². The predicted octanol–water partition coefficient (Wildman–Crippen LogP) is 1.62. The van der Waals surface area contributed by atoms with Crippen LogP contribution >= 0.6 is 0 Å². The zero-order valence-corrected chi connectivity index (χ0v) is 18.4. The molecule has 0 aliphatic heterocycles. The highest BCUT2D eigenvalue weighted by Gasteiger charge is 2.21. The lowest BCUT2D eigenvalue weighted by molar-refractivity contribution is -0.143. The van der Waals surface area contributed by atoms with E-state index >= 15 is 0 Å². The number of allylic oxidation sites excluding steroid dienone is 2. The summed E-state index contributed by atoms with van der Waals surface area (Å²) in [5.74, 6) is -0.135. The Labute approximate surface area is 175 Å². The summed E-state index contributed by atoms with van der Waals surface area (Å²) in [6, 6.07) is 0. The Balaban J connectivity index is 2.55. The normalized spacial score (nSPS) is 11.0. The lowest BCUT2D eigenvalue weighted by Crippen LogP contribution is -2.41. The molecule has 0 amide bonds. The van der Waals surface area contributed by atoms with E-state index in [-0.39, 0.29) is 17.8 Å². The SMILES string of the molecule is CC[N-]CCCNc1nc2c(c(=O)n(CC(=O)OCC)c(=O)n2C)n1CC=C(C)C. The van der Waals surface area contributed by atoms with Gasteiger partial charge in [-0.05, 0) is 20.8 Å². The number of esters is 1. The Bertz CT molecular complexity index is 1030. The van der Waals surface area contributed by atoms with Crippen LogP contribution in [0, 0.1) is 0 Å². The fourth-order valence-corrected chi connectivity index (χ4v) is 2.98. The molecule has 10 heteroatoms. The number of fused-ring (bicyclic) bond motifs is 1. The van der Waals surface area contributed by atoms with Gasteiger partial charge in [-0.15, -0.1) is 6.54 Å². The molecule has 166 valence electrons. The molecule has 0 unspecified atom stereocenters. The van der Waals surface area contributed by atoms with Gasteiger partial charge in [0.2, 0.25) is 5.95 Å². The molecule has 0 fully saturated rings. The third-order valence-corrected chi connectivity index (χ3v) is 4.51. The minimum atomic E-state index is -0.635. The Morgan fingerprint density at radius 3 is 2.60 bits per heavy atom. The van der Waals surface area contributed by atoms with E-state index in [1.54, 1.807) is 11.5 Å². The number of nitrogens with one attached hydrogen (secondary N) is 1. The minimum absolute atomic E-state index is 0.174. The molecule has 0 aromatic carbocycles. The summed E-state index contributed by atoms with van der Waals surface area (Å²) in [7, 11) is 1.54. The van der Waals surface area contributed by atoms with Crippen molar-refractivity contribution >= 4 is 23.1 Å². The molecule has 2 aromatic heterocycles. The summed E-state index contributed by atoms with van der Waals surface area (Å²) in [6.07, 6.45) is 2.80. The first kappa shape index (κ1) is 23.4. The van der Waals surface area contributed by atoms with Gasteiger partial charge in [-0.25, -0.2) is 9.36 Å². The summed E-state index contributed by atoms with van der Waals surface area (Å²) in [4.78, 5) is 42.3. The molecule has 2 rings (SSSR count). The van der Waals surface area contributed by atoms with Crippen LogP contribution in [0.25, 0.3) is 16.5 Å². The molecule has 30 heavy (non-hydrogen) atoms. The second-order valence-corrected chi connectivity index (χ2v) is 7.08. The van der Waals surface area contributed by atoms with Crippen LogP contribution in [0.4, 0.5) is 5.95 Å². The average Bonchev–Trinajstić information content (AvgIpc) is 3.06. The Morgan fingerprint density at radius 1 is 1.23 bits per heavy atom. The van der Waals surface area contributed by atoms with Gasteiger partial charge in [-0.3, -0.25) is 14.2 Å². The van der Waals surface area contributed by atoms with Crippen LogP contribution in [-0.2, 0) is 29.7 Å². The van der Waals surface area contributed by atoms with Gasteiger partial charge >= 0.3 is 11.7 Å². The van der Waals surface area contributed by atoms with Crippen LogP contribution in [0.3, 0.4) is 0 Å². The maximum atomic E-state index is 13.2. The van der Waals surface area contributed by atoms with Crippen molar-refractivity contribution in [2.45, 2.75) is 47.2 Å². The predicted molar refractivity (Wildman–Crippen MR) is 117 cm³/mol. The van der Waals surface area contributed by atoms with Gasteiger partial charge < -0.3 is 19.9 Å². The third-order valence-electron chi connectivity index (χ3n) is 4.51. The maximum absolute atomic E-state index is 13.2. The largest absolute Gasteiger partial charge is 0.662 e. The fraction of sp³-hybridized carbons (Fsp3) is 0.600. The summed E-state index contributed by atoms with van der Waals surface area (Å²) in [6.45, 7) is 9.89. The standard InChI is InChI=1S/C20H31N6O4/c1-6-21-10-8-11-22-19-23-17-16(25(19)12-9-14(3)4)18(28)26(20(29)24(17)5)13-15(27)30-7-2/h9H,6-8,10-13H2,1-5H3,(H,22,23)/q-1. The van der Waals surface area contributed by atoms with Crippen molar-refractivity contribution < 1.29 is 9.53 Å². The fourth-order valence-electron chi connectivity index (χ4n) is 2.98. The van der Waals surface area contributed by atoms with E-state index in [9.17, 15) is 14.4 Å². The molecule has 0 aliphatic rings. The molecule has 0 saturated heterocycles. The molecule has 0 spiro atoms. The molecule has 2 aromatic rings. The zero-order valence-electron chi connectivity index (χ0n) is 18.4. The number of aryl methyl sites for hydroxylation is 1. The summed E-state index contributed by atoms with van der Waals surface area (Å²) in [5, 5.41) is 7.55. The summed E-state index contributed by atoms with van der Waals surface area (Å²) >= 11 is 0. The van der Waals surface area contributed by atoms with Crippen LogP contribution in [0.5, 0.6) is 0 Å². The Hall–Kier alpha value is -2.88. The highest BCUT2D eigenvalue weighted by molar-refractivity contribution is 5.75. The summed E-state index contributed by atoms with van der Waals surface area (Å²) in [5.41, 5.74) is 0.444. The second-order valence-electron chi connectivity index (χ2n) is 7.08. The number of hydrogen-bond donors (Lipinski definition) is 1. The highest BCUT2D eigenvalue weighted by atomic mass is 16.5. The molecule has 10 nitrogen and oxygen atoms in total. The molecule has 2 heterocycles. The highest BCUT2D eigenvalue weighted by Crippen LogP contribution is 2.16.